The van der Waals surface area contributed by atoms with E-state index in [9.17, 15) is 14.0 Å². The van der Waals surface area contributed by atoms with E-state index in [0.29, 0.717) is 11.5 Å². The Kier molecular flexibility index (Phi) is 5.95. The highest BCUT2D eigenvalue weighted by atomic mass is 19.1. The minimum Gasteiger partial charge on any atom is -0.486 e. The van der Waals surface area contributed by atoms with Crippen molar-refractivity contribution < 1.29 is 23.1 Å². The highest BCUT2D eigenvalue weighted by Gasteiger charge is 2.12. The van der Waals surface area contributed by atoms with Crippen LogP contribution in [0.2, 0.25) is 0 Å². The Morgan fingerprint density at radius 2 is 1.88 bits per heavy atom. The van der Waals surface area contributed by atoms with Crippen molar-refractivity contribution in [2.75, 3.05) is 20.6 Å². The van der Waals surface area contributed by atoms with E-state index in [0.717, 1.165) is 0 Å². The summed E-state index contributed by atoms with van der Waals surface area (Å²) < 4.78 is 23.6. The maximum Gasteiger partial charge on any atom is 0.287 e. The average molecular weight is 334 g/mol. The first-order valence-electron chi connectivity index (χ1n) is 7.41. The molecule has 1 heterocycles. The van der Waals surface area contributed by atoms with E-state index >= 15 is 0 Å². The molecule has 2 aromatic rings. The Balaban J connectivity index is 1.80. The Morgan fingerprint density at radius 3 is 2.54 bits per heavy atom. The summed E-state index contributed by atoms with van der Waals surface area (Å²) in [5, 5.41) is 2.62. The molecule has 0 radical (unpaired) electrons. The number of halogens is 1. The van der Waals surface area contributed by atoms with E-state index in [1.54, 1.807) is 20.2 Å². The highest BCUT2D eigenvalue weighted by molar-refractivity contribution is 5.91. The molecule has 0 saturated heterocycles. The predicted octanol–water partition coefficient (Wildman–Crippen LogP) is 2.21. The largest absolute Gasteiger partial charge is 0.486 e. The van der Waals surface area contributed by atoms with Crippen LogP contribution in [0.4, 0.5) is 4.39 Å². The van der Waals surface area contributed by atoms with Crippen molar-refractivity contribution in [1.82, 2.24) is 10.2 Å². The molecule has 24 heavy (non-hydrogen) atoms. The number of carbonyl (C=O) groups is 2. The van der Waals surface area contributed by atoms with Gasteiger partial charge in [0.2, 0.25) is 5.91 Å². The second-order valence-corrected chi connectivity index (χ2v) is 5.30. The van der Waals surface area contributed by atoms with Crippen LogP contribution in [0.15, 0.2) is 40.8 Å². The Hall–Kier alpha value is -2.83. The topological polar surface area (TPSA) is 71.8 Å². The zero-order valence-electron chi connectivity index (χ0n) is 13.5. The third-order valence-electron chi connectivity index (χ3n) is 3.20. The summed E-state index contributed by atoms with van der Waals surface area (Å²) in [6.07, 6.45) is 0.222. The van der Waals surface area contributed by atoms with Crippen LogP contribution in [0.3, 0.4) is 0 Å². The van der Waals surface area contributed by atoms with Crippen molar-refractivity contribution in [2.45, 2.75) is 13.0 Å². The summed E-state index contributed by atoms with van der Waals surface area (Å²) in [4.78, 5) is 24.8. The lowest BCUT2D eigenvalue weighted by molar-refractivity contribution is -0.128. The molecule has 1 aromatic carbocycles. The van der Waals surface area contributed by atoms with Gasteiger partial charge in [-0.05, 0) is 36.4 Å². The third-order valence-corrected chi connectivity index (χ3v) is 3.20. The third kappa shape index (κ3) is 5.12. The zero-order chi connectivity index (χ0) is 17.5. The van der Waals surface area contributed by atoms with Crippen LogP contribution in [-0.4, -0.2) is 37.4 Å². The zero-order valence-corrected chi connectivity index (χ0v) is 13.5. The molecule has 0 aliphatic heterocycles. The van der Waals surface area contributed by atoms with Crippen LogP contribution in [0.5, 0.6) is 5.75 Å². The van der Waals surface area contributed by atoms with Crippen LogP contribution < -0.4 is 10.1 Å². The van der Waals surface area contributed by atoms with E-state index in [-0.39, 0.29) is 37.1 Å². The van der Waals surface area contributed by atoms with E-state index in [4.69, 9.17) is 9.15 Å². The SMILES string of the molecule is CN(C)C(=O)CCNC(=O)c1ccc(COc2ccc(F)cc2)o1. The molecule has 128 valence electrons. The van der Waals surface area contributed by atoms with Gasteiger partial charge in [0.15, 0.2) is 5.76 Å². The van der Waals surface area contributed by atoms with Crippen molar-refractivity contribution in [3.63, 3.8) is 0 Å². The first-order chi connectivity index (χ1) is 11.5. The van der Waals surface area contributed by atoms with Crippen molar-refractivity contribution >= 4 is 11.8 Å². The molecule has 2 amide bonds. The van der Waals surface area contributed by atoms with Crippen LogP contribution in [-0.2, 0) is 11.4 Å². The number of hydrogen-bond acceptors (Lipinski definition) is 4. The van der Waals surface area contributed by atoms with Crippen molar-refractivity contribution in [2.24, 2.45) is 0 Å². The van der Waals surface area contributed by atoms with Gasteiger partial charge in [-0.25, -0.2) is 4.39 Å². The van der Waals surface area contributed by atoms with Crippen molar-refractivity contribution in [3.05, 3.63) is 53.7 Å². The number of rotatable bonds is 7. The van der Waals surface area contributed by atoms with Crippen LogP contribution in [0.1, 0.15) is 22.7 Å². The summed E-state index contributed by atoms with van der Waals surface area (Å²) in [7, 11) is 3.31. The molecule has 0 aliphatic carbocycles. The monoisotopic (exact) mass is 334 g/mol. The van der Waals surface area contributed by atoms with Gasteiger partial charge in [-0.1, -0.05) is 0 Å². The van der Waals surface area contributed by atoms with Gasteiger partial charge in [0.05, 0.1) is 0 Å². The van der Waals surface area contributed by atoms with Gasteiger partial charge >= 0.3 is 0 Å². The lowest BCUT2D eigenvalue weighted by Crippen LogP contribution is -2.29. The molecule has 0 atom stereocenters. The molecule has 1 N–H and O–H groups in total. The summed E-state index contributed by atoms with van der Waals surface area (Å²) >= 11 is 0. The lowest BCUT2D eigenvalue weighted by atomic mass is 10.3. The van der Waals surface area contributed by atoms with Gasteiger partial charge in [0.25, 0.3) is 5.91 Å². The van der Waals surface area contributed by atoms with Gasteiger partial charge in [0, 0.05) is 27.1 Å². The molecule has 6 nitrogen and oxygen atoms in total. The second kappa shape index (κ2) is 8.14. The fraction of sp³-hybridized carbons (Fsp3) is 0.294. The van der Waals surface area contributed by atoms with Crippen LogP contribution >= 0.6 is 0 Å². The smallest absolute Gasteiger partial charge is 0.287 e. The van der Waals surface area contributed by atoms with E-state index in [1.165, 1.54) is 35.2 Å². The van der Waals surface area contributed by atoms with E-state index < -0.39 is 5.91 Å². The van der Waals surface area contributed by atoms with Gasteiger partial charge in [-0.2, -0.15) is 0 Å². The summed E-state index contributed by atoms with van der Waals surface area (Å²) in [5.74, 6) is 0.310. The van der Waals surface area contributed by atoms with Gasteiger partial charge in [-0.3, -0.25) is 9.59 Å². The fourth-order valence-corrected chi connectivity index (χ4v) is 1.86. The fourth-order valence-electron chi connectivity index (χ4n) is 1.86. The molecular formula is C17H19FN2O4. The summed E-state index contributed by atoms with van der Waals surface area (Å²) in [6.45, 7) is 0.357. The minimum atomic E-state index is -0.394. The normalized spacial score (nSPS) is 10.3. The van der Waals surface area contributed by atoms with Gasteiger partial charge in [-0.15, -0.1) is 0 Å². The standard InChI is InChI=1S/C17H19FN2O4/c1-20(2)16(21)9-10-19-17(22)15-8-7-14(24-15)11-23-13-5-3-12(18)4-6-13/h3-8H,9-11H2,1-2H3,(H,19,22). The van der Waals surface area contributed by atoms with Gasteiger partial charge in [0.1, 0.15) is 23.9 Å². The number of benzene rings is 1. The number of amides is 2. The molecule has 0 fully saturated rings. The number of carbonyl (C=O) groups excluding carboxylic acids is 2. The molecule has 1 aromatic heterocycles. The van der Waals surface area contributed by atoms with Crippen molar-refractivity contribution in [3.8, 4) is 5.75 Å². The van der Waals surface area contributed by atoms with E-state index in [1.807, 2.05) is 0 Å². The molecule has 0 saturated carbocycles. The first kappa shape index (κ1) is 17.5. The molecule has 0 unspecified atom stereocenters. The summed E-state index contributed by atoms with van der Waals surface area (Å²) in [5.41, 5.74) is 0. The Morgan fingerprint density at radius 1 is 1.17 bits per heavy atom. The maximum atomic E-state index is 12.8. The van der Waals surface area contributed by atoms with Crippen molar-refractivity contribution in [1.29, 1.82) is 0 Å². The molecule has 0 aliphatic rings. The molecular weight excluding hydrogens is 315 g/mol. The average Bonchev–Trinajstić information content (AvgIpc) is 3.03. The predicted molar refractivity (Wildman–Crippen MR) is 85.1 cm³/mol. The van der Waals surface area contributed by atoms with Crippen LogP contribution in [0.25, 0.3) is 0 Å². The van der Waals surface area contributed by atoms with Gasteiger partial charge < -0.3 is 19.4 Å². The lowest BCUT2D eigenvalue weighted by Gasteiger charge is -2.09. The molecule has 0 bridgehead atoms. The number of nitrogens with one attached hydrogen (secondary N) is 1. The Bertz CT molecular complexity index is 695. The number of hydrogen-bond donors (Lipinski definition) is 1. The second-order valence-electron chi connectivity index (χ2n) is 5.30. The molecule has 2 rings (SSSR count). The Labute approximate surface area is 139 Å². The quantitative estimate of drug-likeness (QED) is 0.843. The summed E-state index contributed by atoms with van der Waals surface area (Å²) in [6, 6.07) is 8.77. The van der Waals surface area contributed by atoms with E-state index in [2.05, 4.69) is 5.32 Å². The maximum absolute atomic E-state index is 12.8. The first-order valence-corrected chi connectivity index (χ1v) is 7.41. The minimum absolute atomic E-state index is 0.0665. The van der Waals surface area contributed by atoms with Crippen LogP contribution in [0, 0.1) is 5.82 Å². The molecule has 0 spiro atoms. The molecule has 7 heteroatoms. The number of furan rings is 1. The number of nitrogens with zero attached hydrogens (tertiary/aromatic N) is 1. The number of ether oxygens (including phenoxy) is 1. The highest BCUT2D eigenvalue weighted by Crippen LogP contribution is 2.15.